The van der Waals surface area contributed by atoms with Crippen LogP contribution in [0.1, 0.15) is 12.8 Å². The van der Waals surface area contributed by atoms with Crippen molar-refractivity contribution < 1.29 is 43.7 Å². The second-order valence-corrected chi connectivity index (χ2v) is 4.74. The van der Waals surface area contributed by atoms with E-state index < -0.39 is 46.7 Å². The summed E-state index contributed by atoms with van der Waals surface area (Å²) < 4.78 is 113. The molecule has 17 heavy (non-hydrogen) atoms. The van der Waals surface area contributed by atoms with Crippen molar-refractivity contribution in [2.24, 2.45) is 0 Å². The zero-order valence-electron chi connectivity index (χ0n) is 7.94. The summed E-state index contributed by atoms with van der Waals surface area (Å²) in [4.78, 5) is 0. The Hall–Kier alpha value is -0.580. The minimum absolute atomic E-state index is 1.22. The topological polar surface area (TPSA) is 54.4 Å². The third-order valence-electron chi connectivity index (χ3n) is 1.71. The number of rotatable bonds is 5. The highest BCUT2D eigenvalue weighted by Gasteiger charge is 2.72. The van der Waals surface area contributed by atoms with Gasteiger partial charge in [0, 0.05) is 6.42 Å². The Morgan fingerprint density at radius 3 is 1.65 bits per heavy atom. The predicted octanol–water partition coefficient (Wildman–Crippen LogP) is 2.49. The molecule has 0 aliphatic rings. The molecule has 0 aromatic rings. The Morgan fingerprint density at radius 2 is 1.35 bits per heavy atom. The van der Waals surface area contributed by atoms with Crippen LogP contribution in [0.2, 0.25) is 0 Å². The molecule has 0 atom stereocenters. The lowest BCUT2D eigenvalue weighted by Crippen LogP contribution is -2.51. The highest BCUT2D eigenvalue weighted by Crippen LogP contribution is 2.48. The fraction of sp³-hybridized carbons (Fsp3) is 1.00. The van der Waals surface area contributed by atoms with Crippen LogP contribution >= 0.6 is 0 Å². The molecule has 0 saturated heterocycles. The summed E-state index contributed by atoms with van der Waals surface area (Å²) in [6.45, 7) is 0. The minimum atomic E-state index is -6.44. The first-order valence-electron chi connectivity index (χ1n) is 3.98. The van der Waals surface area contributed by atoms with E-state index in [1.807, 2.05) is 0 Å². The first-order chi connectivity index (χ1) is 7.21. The van der Waals surface area contributed by atoms with Crippen molar-refractivity contribution in [2.45, 2.75) is 30.9 Å². The zero-order chi connectivity index (χ0) is 14.1. The van der Waals surface area contributed by atoms with Gasteiger partial charge in [0.2, 0.25) is 0 Å². The summed E-state index contributed by atoms with van der Waals surface area (Å²) in [6, 6.07) is 0. The summed E-state index contributed by atoms with van der Waals surface area (Å²) in [5, 5.41) is 0. The SMILES string of the molecule is O=S(=O)(O)CCCC(F)(F)C(F)(F)C(F)(F)F. The summed E-state index contributed by atoms with van der Waals surface area (Å²) in [7, 11) is -4.69. The fourth-order valence-corrected chi connectivity index (χ4v) is 1.35. The van der Waals surface area contributed by atoms with Gasteiger partial charge in [0.05, 0.1) is 5.75 Å². The third-order valence-corrected chi connectivity index (χ3v) is 2.51. The van der Waals surface area contributed by atoms with Crippen LogP contribution in [0.25, 0.3) is 0 Å². The Bertz CT molecular complexity index is 358. The van der Waals surface area contributed by atoms with E-state index in [0.717, 1.165) is 0 Å². The largest absolute Gasteiger partial charge is 0.459 e. The number of halogens is 7. The van der Waals surface area contributed by atoms with Gasteiger partial charge in [-0.05, 0) is 6.42 Å². The summed E-state index contributed by atoms with van der Waals surface area (Å²) >= 11 is 0. The van der Waals surface area contributed by atoms with Gasteiger partial charge in [-0.2, -0.15) is 39.2 Å². The molecule has 0 aliphatic heterocycles. The van der Waals surface area contributed by atoms with Crippen LogP contribution in [0.5, 0.6) is 0 Å². The van der Waals surface area contributed by atoms with Crippen LogP contribution in [0, 0.1) is 0 Å². The molecule has 0 saturated carbocycles. The molecular weight excluding hydrogens is 285 g/mol. The molecule has 0 aliphatic carbocycles. The molecule has 0 rings (SSSR count). The van der Waals surface area contributed by atoms with Gasteiger partial charge in [-0.25, -0.2) is 0 Å². The van der Waals surface area contributed by atoms with Gasteiger partial charge in [0.1, 0.15) is 0 Å². The number of hydrogen-bond donors (Lipinski definition) is 1. The van der Waals surface area contributed by atoms with E-state index in [1.54, 1.807) is 0 Å². The fourth-order valence-electron chi connectivity index (χ4n) is 0.841. The van der Waals surface area contributed by atoms with Crippen molar-refractivity contribution in [1.82, 2.24) is 0 Å². The lowest BCUT2D eigenvalue weighted by Gasteiger charge is -2.27. The van der Waals surface area contributed by atoms with E-state index in [9.17, 15) is 39.2 Å². The molecule has 0 bridgehead atoms. The van der Waals surface area contributed by atoms with Crippen molar-refractivity contribution >= 4 is 10.1 Å². The van der Waals surface area contributed by atoms with Crippen molar-refractivity contribution in [3.05, 3.63) is 0 Å². The van der Waals surface area contributed by atoms with E-state index in [1.165, 1.54) is 0 Å². The Balaban J connectivity index is 4.69. The van der Waals surface area contributed by atoms with Gasteiger partial charge in [0.15, 0.2) is 0 Å². The van der Waals surface area contributed by atoms with Crippen molar-refractivity contribution in [2.75, 3.05) is 5.75 Å². The zero-order valence-corrected chi connectivity index (χ0v) is 8.76. The minimum Gasteiger partial charge on any atom is -0.286 e. The van der Waals surface area contributed by atoms with Crippen LogP contribution in [-0.4, -0.2) is 36.7 Å². The highest BCUT2D eigenvalue weighted by molar-refractivity contribution is 7.85. The maximum Gasteiger partial charge on any atom is 0.459 e. The lowest BCUT2D eigenvalue weighted by atomic mass is 10.1. The van der Waals surface area contributed by atoms with Crippen molar-refractivity contribution in [3.63, 3.8) is 0 Å². The molecule has 0 fully saturated rings. The first-order valence-corrected chi connectivity index (χ1v) is 5.59. The molecule has 0 heterocycles. The Kier molecular flexibility index (Phi) is 4.44. The van der Waals surface area contributed by atoms with Gasteiger partial charge >= 0.3 is 18.0 Å². The van der Waals surface area contributed by atoms with Gasteiger partial charge in [-0.15, -0.1) is 0 Å². The predicted molar refractivity (Wildman–Crippen MR) is 41.6 cm³/mol. The van der Waals surface area contributed by atoms with Gasteiger partial charge in [0.25, 0.3) is 10.1 Å². The van der Waals surface area contributed by atoms with Gasteiger partial charge < -0.3 is 0 Å². The molecular formula is C6H7F7O3S. The first kappa shape index (κ1) is 16.4. The second-order valence-electron chi connectivity index (χ2n) is 3.17. The van der Waals surface area contributed by atoms with Crippen LogP contribution in [-0.2, 0) is 10.1 Å². The standard InChI is InChI=1S/C6H7F7O3S/c7-4(8,2-1-3-17(14,15)16)5(9,10)6(11,12)13/h1-3H2,(H,14,15,16). The average molecular weight is 292 g/mol. The van der Waals surface area contributed by atoms with E-state index in [2.05, 4.69) is 0 Å². The van der Waals surface area contributed by atoms with E-state index in [4.69, 9.17) is 4.55 Å². The highest BCUT2D eigenvalue weighted by atomic mass is 32.2. The molecule has 0 radical (unpaired) electrons. The molecule has 0 aromatic heterocycles. The van der Waals surface area contributed by atoms with Crippen LogP contribution in [0.4, 0.5) is 30.7 Å². The van der Waals surface area contributed by atoms with Crippen LogP contribution in [0.15, 0.2) is 0 Å². The Labute approximate surface area is 91.4 Å². The smallest absolute Gasteiger partial charge is 0.286 e. The van der Waals surface area contributed by atoms with Crippen LogP contribution < -0.4 is 0 Å². The quantitative estimate of drug-likeness (QED) is 0.625. The molecule has 1 N–H and O–H groups in total. The van der Waals surface area contributed by atoms with Gasteiger partial charge in [-0.1, -0.05) is 0 Å². The van der Waals surface area contributed by atoms with Crippen LogP contribution in [0.3, 0.4) is 0 Å². The van der Waals surface area contributed by atoms with Gasteiger partial charge in [-0.3, -0.25) is 4.55 Å². The number of hydrogen-bond acceptors (Lipinski definition) is 2. The van der Waals surface area contributed by atoms with E-state index in [0.29, 0.717) is 0 Å². The molecule has 104 valence electrons. The van der Waals surface area contributed by atoms with E-state index >= 15 is 0 Å². The lowest BCUT2D eigenvalue weighted by molar-refractivity contribution is -0.355. The number of alkyl halides is 7. The van der Waals surface area contributed by atoms with Crippen molar-refractivity contribution in [3.8, 4) is 0 Å². The van der Waals surface area contributed by atoms with E-state index in [-0.39, 0.29) is 0 Å². The van der Waals surface area contributed by atoms with Crippen molar-refractivity contribution in [1.29, 1.82) is 0 Å². The summed E-state index contributed by atoms with van der Waals surface area (Å²) in [5.41, 5.74) is 0. The maximum absolute atomic E-state index is 12.5. The molecule has 0 aromatic carbocycles. The molecule has 11 heteroatoms. The Morgan fingerprint density at radius 1 is 0.941 bits per heavy atom. The third kappa shape index (κ3) is 4.30. The normalized spacial score (nSPS) is 15.1. The monoisotopic (exact) mass is 292 g/mol. The molecule has 0 unspecified atom stereocenters. The second kappa shape index (κ2) is 4.59. The summed E-state index contributed by atoms with van der Waals surface area (Å²) in [5.74, 6) is -13.0. The molecule has 0 spiro atoms. The maximum atomic E-state index is 12.5. The average Bonchev–Trinajstić information content (AvgIpc) is 1.98. The molecule has 0 amide bonds. The summed E-state index contributed by atoms with van der Waals surface area (Å²) in [6.07, 6.45) is -9.68. The molecule has 3 nitrogen and oxygen atoms in total.